The van der Waals surface area contributed by atoms with Gasteiger partial charge >= 0.3 is 0 Å². The van der Waals surface area contributed by atoms with Gasteiger partial charge in [0, 0.05) is 19.0 Å². The summed E-state index contributed by atoms with van der Waals surface area (Å²) in [5.41, 5.74) is 0.916. The lowest BCUT2D eigenvalue weighted by molar-refractivity contribution is -0.126. The second kappa shape index (κ2) is 8.05. The second-order valence-corrected chi connectivity index (χ2v) is 8.26. The minimum Gasteiger partial charge on any atom is -0.493 e. The lowest BCUT2D eigenvalue weighted by Gasteiger charge is -2.30. The van der Waals surface area contributed by atoms with Crippen LogP contribution in [0.25, 0.3) is 0 Å². The lowest BCUT2D eigenvalue weighted by Crippen LogP contribution is -2.43. The Labute approximate surface area is 149 Å². The van der Waals surface area contributed by atoms with Crippen LogP contribution in [-0.2, 0) is 14.8 Å². The second-order valence-electron chi connectivity index (χ2n) is 6.28. The Morgan fingerprint density at radius 2 is 1.80 bits per heavy atom. The Morgan fingerprint density at radius 1 is 1.20 bits per heavy atom. The van der Waals surface area contributed by atoms with Crippen molar-refractivity contribution in [3.8, 4) is 11.5 Å². The predicted octanol–water partition coefficient (Wildman–Crippen LogP) is 1.55. The molecular weight excluding hydrogens is 344 g/mol. The molecule has 25 heavy (non-hydrogen) atoms. The molecule has 1 aromatic rings. The summed E-state index contributed by atoms with van der Waals surface area (Å²) < 4.78 is 35.0. The standard InChI is InChI=1S/C17H26N2O5S/c1-12(14-5-6-15(23-2)16(11-14)24-3)18-17(20)13-7-9-19(10-8-13)25(4,21)22/h5-6,11-13H,7-10H2,1-4H3,(H,18,20)/t12-/m0/s1. The largest absolute Gasteiger partial charge is 0.493 e. The average molecular weight is 370 g/mol. The van der Waals surface area contributed by atoms with Crippen LogP contribution in [0.3, 0.4) is 0 Å². The first kappa shape index (κ1) is 19.5. The summed E-state index contributed by atoms with van der Waals surface area (Å²) in [5, 5.41) is 3.00. The van der Waals surface area contributed by atoms with E-state index in [-0.39, 0.29) is 17.9 Å². The summed E-state index contributed by atoms with van der Waals surface area (Å²) in [7, 11) is -0.0346. The molecule has 2 rings (SSSR count). The fourth-order valence-corrected chi connectivity index (χ4v) is 3.86. The van der Waals surface area contributed by atoms with Gasteiger partial charge in [-0.3, -0.25) is 4.79 Å². The number of hydrogen-bond donors (Lipinski definition) is 1. The SMILES string of the molecule is COc1ccc([C@H](C)NC(=O)C2CCN(S(C)(=O)=O)CC2)cc1OC. The Kier molecular flexibility index (Phi) is 6.29. The van der Waals surface area contributed by atoms with Gasteiger partial charge in [-0.2, -0.15) is 0 Å². The van der Waals surface area contributed by atoms with E-state index < -0.39 is 10.0 Å². The third-order valence-corrected chi connectivity index (χ3v) is 5.86. The van der Waals surface area contributed by atoms with Crippen LogP contribution < -0.4 is 14.8 Å². The quantitative estimate of drug-likeness (QED) is 0.821. The van der Waals surface area contributed by atoms with Gasteiger partial charge in [0.05, 0.1) is 26.5 Å². The topological polar surface area (TPSA) is 84.9 Å². The summed E-state index contributed by atoms with van der Waals surface area (Å²) in [6.45, 7) is 2.69. The normalized spacial score (nSPS) is 17.8. The zero-order valence-corrected chi connectivity index (χ0v) is 15.9. The molecular formula is C17H26N2O5S. The lowest BCUT2D eigenvalue weighted by atomic mass is 9.96. The summed E-state index contributed by atoms with van der Waals surface area (Å²) >= 11 is 0. The van der Waals surface area contributed by atoms with Crippen molar-refractivity contribution in [1.82, 2.24) is 9.62 Å². The zero-order valence-electron chi connectivity index (χ0n) is 15.1. The number of hydrogen-bond acceptors (Lipinski definition) is 5. The van der Waals surface area contributed by atoms with Gasteiger partial charge in [0.2, 0.25) is 15.9 Å². The number of piperidine rings is 1. The Bertz CT molecular complexity index is 712. The molecule has 140 valence electrons. The average Bonchev–Trinajstić information content (AvgIpc) is 2.60. The van der Waals surface area contributed by atoms with E-state index in [2.05, 4.69) is 5.32 Å². The Morgan fingerprint density at radius 3 is 2.32 bits per heavy atom. The molecule has 1 saturated heterocycles. The monoisotopic (exact) mass is 370 g/mol. The molecule has 1 aliphatic rings. The van der Waals surface area contributed by atoms with Gasteiger partial charge in [-0.1, -0.05) is 6.07 Å². The first-order valence-corrected chi connectivity index (χ1v) is 10.1. The maximum absolute atomic E-state index is 12.5. The number of rotatable bonds is 6. The Balaban J connectivity index is 1.97. The van der Waals surface area contributed by atoms with Crippen LogP contribution in [0, 0.1) is 5.92 Å². The van der Waals surface area contributed by atoms with Crippen LogP contribution in [0.1, 0.15) is 31.4 Å². The third-order valence-electron chi connectivity index (χ3n) is 4.56. The van der Waals surface area contributed by atoms with Crippen molar-refractivity contribution < 1.29 is 22.7 Å². The van der Waals surface area contributed by atoms with Crippen LogP contribution in [0.15, 0.2) is 18.2 Å². The minimum atomic E-state index is -3.18. The number of ether oxygens (including phenoxy) is 2. The van der Waals surface area contributed by atoms with E-state index in [0.717, 1.165) is 5.56 Å². The first-order chi connectivity index (χ1) is 11.8. The number of carbonyl (C=O) groups is 1. The molecule has 0 unspecified atom stereocenters. The molecule has 0 spiro atoms. The van der Waals surface area contributed by atoms with Crippen molar-refractivity contribution in [2.24, 2.45) is 5.92 Å². The van der Waals surface area contributed by atoms with E-state index >= 15 is 0 Å². The molecule has 1 amide bonds. The number of nitrogens with zero attached hydrogens (tertiary/aromatic N) is 1. The maximum atomic E-state index is 12.5. The van der Waals surface area contributed by atoms with Crippen LogP contribution >= 0.6 is 0 Å². The molecule has 0 radical (unpaired) electrons. The van der Waals surface area contributed by atoms with Crippen molar-refractivity contribution in [3.63, 3.8) is 0 Å². The molecule has 1 atom stereocenters. The van der Waals surface area contributed by atoms with Crippen molar-refractivity contribution in [3.05, 3.63) is 23.8 Å². The molecule has 1 heterocycles. The number of amides is 1. The summed E-state index contributed by atoms with van der Waals surface area (Å²) in [6.07, 6.45) is 2.28. The van der Waals surface area contributed by atoms with Gasteiger partial charge in [0.15, 0.2) is 11.5 Å². The molecule has 0 saturated carbocycles. The molecule has 7 nitrogen and oxygen atoms in total. The minimum absolute atomic E-state index is 0.0459. The fourth-order valence-electron chi connectivity index (χ4n) is 2.99. The molecule has 0 aliphatic carbocycles. The van der Waals surface area contributed by atoms with Gasteiger partial charge < -0.3 is 14.8 Å². The predicted molar refractivity (Wildman–Crippen MR) is 95.2 cm³/mol. The van der Waals surface area contributed by atoms with Gasteiger partial charge in [0.25, 0.3) is 0 Å². The van der Waals surface area contributed by atoms with Crippen molar-refractivity contribution in [2.45, 2.75) is 25.8 Å². The van der Waals surface area contributed by atoms with Crippen molar-refractivity contribution in [1.29, 1.82) is 0 Å². The molecule has 0 bridgehead atoms. The maximum Gasteiger partial charge on any atom is 0.223 e. The zero-order chi connectivity index (χ0) is 18.6. The highest BCUT2D eigenvalue weighted by atomic mass is 32.2. The van der Waals surface area contributed by atoms with E-state index in [1.165, 1.54) is 10.6 Å². The molecule has 1 N–H and O–H groups in total. The smallest absolute Gasteiger partial charge is 0.223 e. The number of carbonyl (C=O) groups excluding carboxylic acids is 1. The summed E-state index contributed by atoms with van der Waals surface area (Å²) in [4.78, 5) is 12.5. The summed E-state index contributed by atoms with van der Waals surface area (Å²) in [5.74, 6) is 1.04. The first-order valence-electron chi connectivity index (χ1n) is 8.23. The van der Waals surface area contributed by atoms with Crippen molar-refractivity contribution in [2.75, 3.05) is 33.6 Å². The van der Waals surface area contributed by atoms with Crippen LogP contribution in [0.4, 0.5) is 0 Å². The van der Waals surface area contributed by atoms with Gasteiger partial charge in [0.1, 0.15) is 0 Å². The van der Waals surface area contributed by atoms with E-state index in [1.807, 2.05) is 19.1 Å². The van der Waals surface area contributed by atoms with Crippen molar-refractivity contribution >= 4 is 15.9 Å². The van der Waals surface area contributed by atoms with Gasteiger partial charge in [-0.25, -0.2) is 12.7 Å². The van der Waals surface area contributed by atoms with E-state index in [0.29, 0.717) is 37.4 Å². The van der Waals surface area contributed by atoms with Crippen LogP contribution in [-0.4, -0.2) is 52.2 Å². The molecule has 1 aliphatic heterocycles. The molecule has 0 aromatic heterocycles. The fraction of sp³-hybridized carbons (Fsp3) is 0.588. The third kappa shape index (κ3) is 4.85. The number of benzene rings is 1. The molecule has 1 aromatic carbocycles. The van der Waals surface area contributed by atoms with E-state index in [1.54, 1.807) is 20.3 Å². The highest BCUT2D eigenvalue weighted by molar-refractivity contribution is 7.88. The summed E-state index contributed by atoms with van der Waals surface area (Å²) in [6, 6.07) is 5.36. The highest BCUT2D eigenvalue weighted by Gasteiger charge is 2.29. The highest BCUT2D eigenvalue weighted by Crippen LogP contribution is 2.30. The Hall–Kier alpha value is -1.80. The number of nitrogens with one attached hydrogen (secondary N) is 1. The van der Waals surface area contributed by atoms with E-state index in [9.17, 15) is 13.2 Å². The number of methoxy groups -OCH3 is 2. The van der Waals surface area contributed by atoms with Crippen LogP contribution in [0.5, 0.6) is 11.5 Å². The van der Waals surface area contributed by atoms with Crippen LogP contribution in [0.2, 0.25) is 0 Å². The van der Waals surface area contributed by atoms with Gasteiger partial charge in [-0.15, -0.1) is 0 Å². The van der Waals surface area contributed by atoms with E-state index in [4.69, 9.17) is 9.47 Å². The van der Waals surface area contributed by atoms with Gasteiger partial charge in [-0.05, 0) is 37.5 Å². The molecule has 1 fully saturated rings. The molecule has 8 heteroatoms. The number of sulfonamides is 1.